The number of hydrogen-bond donors (Lipinski definition) is 2. The van der Waals surface area contributed by atoms with Gasteiger partial charge in [-0.2, -0.15) is 0 Å². The minimum Gasteiger partial charge on any atom is -0.378 e. The molecule has 1 aromatic heterocycles. The van der Waals surface area contributed by atoms with Crippen molar-refractivity contribution < 1.29 is 9.90 Å². The first-order chi connectivity index (χ1) is 16.5. The van der Waals surface area contributed by atoms with Crippen molar-refractivity contribution in [1.29, 1.82) is 0 Å². The quantitative estimate of drug-likeness (QED) is 0.564. The minimum atomic E-state index is -0.909. The van der Waals surface area contributed by atoms with Crippen LogP contribution >= 0.6 is 0 Å². The maximum Gasteiger partial charge on any atom is 0.256 e. The van der Waals surface area contributed by atoms with E-state index in [4.69, 9.17) is 0 Å². The minimum absolute atomic E-state index is 0.0729. The van der Waals surface area contributed by atoms with Crippen molar-refractivity contribution in [2.75, 3.05) is 5.32 Å². The molecule has 1 heterocycles. The van der Waals surface area contributed by atoms with Gasteiger partial charge < -0.3 is 10.4 Å². The molecule has 0 saturated heterocycles. The number of aromatic nitrogens is 2. The number of nitrogens with zero attached hydrogens (tertiary/aromatic N) is 2. The molecule has 0 radical (unpaired) electrons. The van der Waals surface area contributed by atoms with Crippen LogP contribution in [0, 0.1) is 17.8 Å². The lowest BCUT2D eigenvalue weighted by Gasteiger charge is -2.52. The predicted octanol–water partition coefficient (Wildman–Crippen LogP) is 4.71. The molecule has 5 nitrogen and oxygen atoms in total. The molecular formula is C29H29N3O2. The summed E-state index contributed by atoms with van der Waals surface area (Å²) >= 11 is 0. The number of carbonyl (C=O) groups is 1. The van der Waals surface area contributed by atoms with Gasteiger partial charge in [0.2, 0.25) is 0 Å². The van der Waals surface area contributed by atoms with Crippen molar-refractivity contribution in [3.05, 3.63) is 89.4 Å². The van der Waals surface area contributed by atoms with Gasteiger partial charge in [0, 0.05) is 23.4 Å². The number of carbonyl (C=O) groups excluding carboxylic acids is 1. The highest BCUT2D eigenvalue weighted by molar-refractivity contribution is 6.03. The van der Waals surface area contributed by atoms with E-state index in [9.17, 15) is 9.90 Å². The third-order valence-electron chi connectivity index (χ3n) is 7.54. The lowest BCUT2D eigenvalue weighted by molar-refractivity contribution is -0.00801. The van der Waals surface area contributed by atoms with Gasteiger partial charge in [0.15, 0.2) is 5.82 Å². The van der Waals surface area contributed by atoms with E-state index in [0.717, 1.165) is 25.7 Å². The summed E-state index contributed by atoms with van der Waals surface area (Å²) in [5.41, 5.74) is 3.49. The molecule has 34 heavy (non-hydrogen) atoms. The summed E-state index contributed by atoms with van der Waals surface area (Å²) in [7, 11) is 0. The molecule has 0 unspecified atom stereocenters. The summed E-state index contributed by atoms with van der Waals surface area (Å²) < 4.78 is 0. The van der Waals surface area contributed by atoms with E-state index in [2.05, 4.69) is 57.5 Å². The van der Waals surface area contributed by atoms with Crippen LogP contribution in [-0.2, 0) is 18.3 Å². The Morgan fingerprint density at radius 1 is 1.18 bits per heavy atom. The lowest BCUT2D eigenvalue weighted by atomic mass is 9.52. The number of aryl methyl sites for hydroxylation is 1. The summed E-state index contributed by atoms with van der Waals surface area (Å²) in [4.78, 5) is 21.0. The Kier molecular flexibility index (Phi) is 5.93. The maximum atomic E-state index is 12.9. The summed E-state index contributed by atoms with van der Waals surface area (Å²) in [5.74, 6) is 6.62. The smallest absolute Gasteiger partial charge is 0.256 e. The number of rotatable bonds is 4. The SMILES string of the molecule is CC#C[C@@]1(O)CC[C@@]2(Cc3ccccc3)c3ccc(C(=O)Nc4cnccn4)cc3CC[C@H]2C1. The van der Waals surface area contributed by atoms with Gasteiger partial charge in [-0.1, -0.05) is 42.3 Å². The highest BCUT2D eigenvalue weighted by Crippen LogP contribution is 2.54. The highest BCUT2D eigenvalue weighted by atomic mass is 16.3. The van der Waals surface area contributed by atoms with Crippen LogP contribution in [0.3, 0.4) is 0 Å². The molecule has 3 atom stereocenters. The molecule has 172 valence electrons. The largest absolute Gasteiger partial charge is 0.378 e. The molecule has 2 N–H and O–H groups in total. The van der Waals surface area contributed by atoms with Gasteiger partial charge in [0.25, 0.3) is 5.91 Å². The molecule has 3 aromatic rings. The average molecular weight is 452 g/mol. The first kappa shape index (κ1) is 22.3. The Labute approximate surface area is 200 Å². The molecule has 2 aliphatic carbocycles. The molecule has 1 saturated carbocycles. The van der Waals surface area contributed by atoms with Crippen LogP contribution in [0.5, 0.6) is 0 Å². The number of amides is 1. The monoisotopic (exact) mass is 451 g/mol. The van der Waals surface area contributed by atoms with Crippen LogP contribution < -0.4 is 5.32 Å². The van der Waals surface area contributed by atoms with Crippen molar-refractivity contribution in [2.45, 2.75) is 56.5 Å². The molecule has 5 heteroatoms. The van der Waals surface area contributed by atoms with Gasteiger partial charge in [-0.3, -0.25) is 9.78 Å². The number of anilines is 1. The number of fused-ring (bicyclic) bond motifs is 3. The zero-order valence-electron chi connectivity index (χ0n) is 19.4. The second kappa shape index (κ2) is 9.04. The lowest BCUT2D eigenvalue weighted by Crippen LogP contribution is -2.50. The summed E-state index contributed by atoms with van der Waals surface area (Å²) in [5, 5.41) is 14.0. The van der Waals surface area contributed by atoms with E-state index in [1.165, 1.54) is 22.9 Å². The third-order valence-corrected chi connectivity index (χ3v) is 7.54. The first-order valence-corrected chi connectivity index (χ1v) is 11.9. The van der Waals surface area contributed by atoms with Gasteiger partial charge in [-0.15, -0.1) is 5.92 Å². The number of hydrogen-bond acceptors (Lipinski definition) is 4. The highest BCUT2D eigenvalue weighted by Gasteiger charge is 2.51. The molecule has 0 bridgehead atoms. The van der Waals surface area contributed by atoms with E-state index in [1.807, 2.05) is 18.2 Å². The summed E-state index contributed by atoms with van der Waals surface area (Å²) in [6.45, 7) is 1.80. The Hall–Kier alpha value is -3.49. The Balaban J connectivity index is 1.50. The van der Waals surface area contributed by atoms with Crippen molar-refractivity contribution in [1.82, 2.24) is 9.97 Å². The van der Waals surface area contributed by atoms with Crippen LogP contribution in [0.15, 0.2) is 67.1 Å². The van der Waals surface area contributed by atoms with Crippen LogP contribution in [0.1, 0.15) is 59.7 Å². The fraction of sp³-hybridized carbons (Fsp3) is 0.345. The first-order valence-electron chi connectivity index (χ1n) is 11.9. The molecular weight excluding hydrogens is 422 g/mol. The number of benzene rings is 2. The van der Waals surface area contributed by atoms with Crippen molar-refractivity contribution in [3.8, 4) is 11.8 Å². The van der Waals surface area contributed by atoms with Crippen molar-refractivity contribution in [2.24, 2.45) is 5.92 Å². The topological polar surface area (TPSA) is 75.1 Å². The van der Waals surface area contributed by atoms with Gasteiger partial charge in [-0.05, 0) is 80.2 Å². The summed E-state index contributed by atoms with van der Waals surface area (Å²) in [6.07, 6.45) is 9.68. The van der Waals surface area contributed by atoms with Crippen molar-refractivity contribution >= 4 is 11.7 Å². The standard InChI is InChI=1S/C29H29N3O2/c1-2-12-28(34)13-14-29(18-21-6-4-3-5-7-21)24(19-28)10-8-22-17-23(9-11-25(22)29)27(33)32-26-20-30-15-16-31-26/h3-7,9,11,15-17,20,24,34H,8,10,13-14,18-19H2,1H3,(H,31,32,33)/t24-,28+,29-/m0/s1. The van der Waals surface area contributed by atoms with Crippen LogP contribution in [0.25, 0.3) is 0 Å². The zero-order chi connectivity index (χ0) is 23.6. The van der Waals surface area contributed by atoms with E-state index in [-0.39, 0.29) is 11.3 Å². The van der Waals surface area contributed by atoms with Crippen LogP contribution in [0.4, 0.5) is 5.82 Å². The molecule has 1 amide bonds. The van der Waals surface area contributed by atoms with E-state index >= 15 is 0 Å². The van der Waals surface area contributed by atoms with E-state index < -0.39 is 5.60 Å². The number of aliphatic hydroxyl groups is 1. The fourth-order valence-corrected chi connectivity index (χ4v) is 6.02. The molecule has 2 aromatic carbocycles. The second-order valence-electron chi connectivity index (χ2n) is 9.58. The summed E-state index contributed by atoms with van der Waals surface area (Å²) in [6, 6.07) is 16.7. The second-order valence-corrected chi connectivity index (χ2v) is 9.58. The van der Waals surface area contributed by atoms with Crippen LogP contribution in [0.2, 0.25) is 0 Å². The molecule has 1 fully saturated rings. The number of nitrogens with one attached hydrogen (secondary N) is 1. The average Bonchev–Trinajstić information content (AvgIpc) is 2.85. The molecule has 5 rings (SSSR count). The molecule has 0 aliphatic heterocycles. The van der Waals surface area contributed by atoms with Gasteiger partial charge >= 0.3 is 0 Å². The Morgan fingerprint density at radius 3 is 2.79 bits per heavy atom. The Bertz CT molecular complexity index is 1250. The van der Waals surface area contributed by atoms with Gasteiger partial charge in [0.1, 0.15) is 5.60 Å². The zero-order valence-corrected chi connectivity index (χ0v) is 19.4. The van der Waals surface area contributed by atoms with Crippen LogP contribution in [-0.4, -0.2) is 26.6 Å². The molecule has 2 aliphatic rings. The third kappa shape index (κ3) is 4.22. The van der Waals surface area contributed by atoms with E-state index in [0.29, 0.717) is 30.1 Å². The molecule has 0 spiro atoms. The predicted molar refractivity (Wildman–Crippen MR) is 132 cm³/mol. The fourth-order valence-electron chi connectivity index (χ4n) is 6.02. The van der Waals surface area contributed by atoms with Gasteiger partial charge in [-0.25, -0.2) is 4.98 Å². The Morgan fingerprint density at radius 2 is 2.03 bits per heavy atom. The maximum absolute atomic E-state index is 12.9. The normalized spacial score (nSPS) is 25.3. The van der Waals surface area contributed by atoms with Gasteiger partial charge in [0.05, 0.1) is 6.20 Å². The van der Waals surface area contributed by atoms with Crippen molar-refractivity contribution in [3.63, 3.8) is 0 Å². The van der Waals surface area contributed by atoms with E-state index in [1.54, 1.807) is 19.3 Å².